The third-order valence-electron chi connectivity index (χ3n) is 3.58. The van der Waals surface area contributed by atoms with E-state index in [-0.39, 0.29) is 5.76 Å². The molecular formula is C19H16BrN3O4. The first-order valence-corrected chi connectivity index (χ1v) is 8.87. The molecule has 7 nitrogen and oxygen atoms in total. The molecule has 0 aliphatic heterocycles. The average molecular weight is 430 g/mol. The molecule has 0 spiro atoms. The number of hydrazine groups is 1. The van der Waals surface area contributed by atoms with E-state index in [4.69, 9.17) is 9.26 Å². The lowest BCUT2D eigenvalue weighted by Gasteiger charge is -2.14. The summed E-state index contributed by atoms with van der Waals surface area (Å²) in [5, 5.41) is 3.86. The Morgan fingerprint density at radius 2 is 1.85 bits per heavy atom. The minimum Gasteiger partial charge on any atom is -0.481 e. The van der Waals surface area contributed by atoms with Crippen molar-refractivity contribution in [2.45, 2.75) is 13.0 Å². The number of nitrogens with zero attached hydrogens (tertiary/aromatic N) is 1. The molecule has 1 unspecified atom stereocenters. The van der Waals surface area contributed by atoms with Crippen molar-refractivity contribution in [3.8, 4) is 17.0 Å². The Balaban J connectivity index is 1.54. The van der Waals surface area contributed by atoms with Gasteiger partial charge in [0.25, 0.3) is 5.91 Å². The van der Waals surface area contributed by atoms with Gasteiger partial charge in [-0.25, -0.2) is 0 Å². The van der Waals surface area contributed by atoms with Crippen molar-refractivity contribution >= 4 is 27.7 Å². The number of aromatic nitrogens is 1. The van der Waals surface area contributed by atoms with Crippen molar-refractivity contribution in [2.75, 3.05) is 0 Å². The van der Waals surface area contributed by atoms with Crippen LogP contribution in [0.3, 0.4) is 0 Å². The second-order valence-electron chi connectivity index (χ2n) is 5.60. The fourth-order valence-electron chi connectivity index (χ4n) is 2.21. The molecule has 138 valence electrons. The number of rotatable bonds is 5. The van der Waals surface area contributed by atoms with Crippen LogP contribution in [-0.4, -0.2) is 23.1 Å². The lowest BCUT2D eigenvalue weighted by Crippen LogP contribution is -2.47. The molecule has 27 heavy (non-hydrogen) atoms. The number of amides is 2. The monoisotopic (exact) mass is 429 g/mol. The van der Waals surface area contributed by atoms with Gasteiger partial charge >= 0.3 is 5.91 Å². The van der Waals surface area contributed by atoms with Gasteiger partial charge in [0.1, 0.15) is 11.4 Å². The Kier molecular flexibility index (Phi) is 5.87. The van der Waals surface area contributed by atoms with Crippen LogP contribution >= 0.6 is 15.9 Å². The summed E-state index contributed by atoms with van der Waals surface area (Å²) in [5.74, 6) is -0.616. The first kappa shape index (κ1) is 18.7. The molecule has 2 N–H and O–H groups in total. The van der Waals surface area contributed by atoms with Gasteiger partial charge in [0.2, 0.25) is 5.76 Å². The van der Waals surface area contributed by atoms with Gasteiger partial charge in [0.15, 0.2) is 6.10 Å². The third kappa shape index (κ3) is 4.95. The standard InChI is InChI=1S/C19H16BrN3O4/c1-12(26-15-9-5-8-14(20)10-15)18(24)21-22-19(25)17-11-16(23-27-17)13-6-3-2-4-7-13/h2-12H,1H3,(H,21,24)(H,22,25). The quantitative estimate of drug-likeness (QED) is 0.606. The number of hydrogen-bond acceptors (Lipinski definition) is 5. The summed E-state index contributed by atoms with van der Waals surface area (Å²) in [6.45, 7) is 1.57. The largest absolute Gasteiger partial charge is 0.481 e. The predicted molar refractivity (Wildman–Crippen MR) is 102 cm³/mol. The van der Waals surface area contributed by atoms with E-state index >= 15 is 0 Å². The van der Waals surface area contributed by atoms with Gasteiger partial charge < -0.3 is 9.26 Å². The zero-order valence-electron chi connectivity index (χ0n) is 14.3. The fourth-order valence-corrected chi connectivity index (χ4v) is 2.58. The Morgan fingerprint density at radius 1 is 1.07 bits per heavy atom. The maximum atomic E-state index is 12.1. The van der Waals surface area contributed by atoms with E-state index in [2.05, 4.69) is 31.9 Å². The number of carbonyl (C=O) groups is 2. The van der Waals surface area contributed by atoms with Crippen molar-refractivity contribution in [1.82, 2.24) is 16.0 Å². The summed E-state index contributed by atoms with van der Waals surface area (Å²) < 4.78 is 11.4. The van der Waals surface area contributed by atoms with Gasteiger partial charge in [0.05, 0.1) is 0 Å². The number of benzene rings is 2. The number of carbonyl (C=O) groups excluding carboxylic acids is 2. The number of nitrogens with one attached hydrogen (secondary N) is 2. The normalized spacial score (nSPS) is 11.5. The smallest absolute Gasteiger partial charge is 0.308 e. The molecule has 0 fully saturated rings. The minimum absolute atomic E-state index is 0.0188. The molecule has 0 saturated heterocycles. The summed E-state index contributed by atoms with van der Waals surface area (Å²) in [6, 6.07) is 17.9. The Labute approximate surface area is 163 Å². The highest BCUT2D eigenvalue weighted by atomic mass is 79.9. The maximum absolute atomic E-state index is 12.1. The second kappa shape index (κ2) is 8.50. The molecule has 2 aromatic carbocycles. The van der Waals surface area contributed by atoms with Crippen LogP contribution in [0.15, 0.2) is 69.7 Å². The van der Waals surface area contributed by atoms with Crippen LogP contribution in [0.4, 0.5) is 0 Å². The molecule has 0 aliphatic carbocycles. The molecule has 0 bridgehead atoms. The Hall–Kier alpha value is -3.13. The topological polar surface area (TPSA) is 93.5 Å². The van der Waals surface area contributed by atoms with Crippen molar-refractivity contribution in [2.24, 2.45) is 0 Å². The van der Waals surface area contributed by atoms with Crippen LogP contribution < -0.4 is 15.6 Å². The highest BCUT2D eigenvalue weighted by Crippen LogP contribution is 2.19. The lowest BCUT2D eigenvalue weighted by molar-refractivity contribution is -0.128. The van der Waals surface area contributed by atoms with Gasteiger partial charge in [-0.3, -0.25) is 20.4 Å². The van der Waals surface area contributed by atoms with Crippen LogP contribution in [0.1, 0.15) is 17.5 Å². The average Bonchev–Trinajstić information content (AvgIpc) is 3.17. The van der Waals surface area contributed by atoms with Crippen LogP contribution in [-0.2, 0) is 4.79 Å². The van der Waals surface area contributed by atoms with E-state index in [1.54, 1.807) is 25.1 Å². The molecule has 1 atom stereocenters. The van der Waals surface area contributed by atoms with Crippen LogP contribution in [0, 0.1) is 0 Å². The minimum atomic E-state index is -0.811. The maximum Gasteiger partial charge on any atom is 0.308 e. The second-order valence-corrected chi connectivity index (χ2v) is 6.52. The van der Waals surface area contributed by atoms with Crippen LogP contribution in [0.2, 0.25) is 0 Å². The fraction of sp³-hybridized carbons (Fsp3) is 0.105. The first-order chi connectivity index (χ1) is 13.0. The summed E-state index contributed by atoms with van der Waals surface area (Å²) >= 11 is 3.33. The summed E-state index contributed by atoms with van der Waals surface area (Å²) in [7, 11) is 0. The molecule has 3 aromatic rings. The van der Waals surface area contributed by atoms with Gasteiger partial charge in [-0.05, 0) is 25.1 Å². The highest BCUT2D eigenvalue weighted by Gasteiger charge is 2.18. The van der Waals surface area contributed by atoms with E-state index in [9.17, 15) is 9.59 Å². The molecule has 0 aliphatic rings. The van der Waals surface area contributed by atoms with Crippen molar-refractivity contribution in [3.05, 3.63) is 70.9 Å². The van der Waals surface area contributed by atoms with Crippen molar-refractivity contribution < 1.29 is 18.8 Å². The van der Waals surface area contributed by atoms with E-state index in [1.807, 2.05) is 36.4 Å². The first-order valence-electron chi connectivity index (χ1n) is 8.07. The summed E-state index contributed by atoms with van der Waals surface area (Å²) in [6.07, 6.45) is -0.811. The zero-order valence-corrected chi connectivity index (χ0v) is 15.9. The molecular weight excluding hydrogens is 414 g/mol. The van der Waals surface area contributed by atoms with Gasteiger partial charge in [0, 0.05) is 16.1 Å². The van der Waals surface area contributed by atoms with Gasteiger partial charge in [-0.2, -0.15) is 0 Å². The lowest BCUT2D eigenvalue weighted by atomic mass is 10.1. The van der Waals surface area contributed by atoms with E-state index in [0.29, 0.717) is 11.4 Å². The summed E-state index contributed by atoms with van der Waals surface area (Å²) in [5.41, 5.74) is 5.93. The van der Waals surface area contributed by atoms with Crippen molar-refractivity contribution in [1.29, 1.82) is 0 Å². The number of ether oxygens (including phenoxy) is 1. The molecule has 8 heteroatoms. The predicted octanol–water partition coefficient (Wildman–Crippen LogP) is 3.33. The van der Waals surface area contributed by atoms with Crippen molar-refractivity contribution in [3.63, 3.8) is 0 Å². The molecule has 1 aromatic heterocycles. The number of halogens is 1. The Bertz CT molecular complexity index is 943. The highest BCUT2D eigenvalue weighted by molar-refractivity contribution is 9.10. The van der Waals surface area contributed by atoms with E-state index in [0.717, 1.165) is 10.0 Å². The Morgan fingerprint density at radius 3 is 2.59 bits per heavy atom. The number of hydrogen-bond donors (Lipinski definition) is 2. The summed E-state index contributed by atoms with van der Waals surface area (Å²) in [4.78, 5) is 24.2. The zero-order chi connectivity index (χ0) is 19.2. The molecule has 0 saturated carbocycles. The molecule has 0 radical (unpaired) electrons. The van der Waals surface area contributed by atoms with Crippen LogP contribution in [0.5, 0.6) is 5.75 Å². The van der Waals surface area contributed by atoms with Gasteiger partial charge in [-0.1, -0.05) is 57.5 Å². The van der Waals surface area contributed by atoms with E-state index in [1.165, 1.54) is 6.07 Å². The SMILES string of the molecule is CC(Oc1cccc(Br)c1)C(=O)NNC(=O)c1cc(-c2ccccc2)no1. The molecule has 3 rings (SSSR count). The third-order valence-corrected chi connectivity index (χ3v) is 4.07. The molecule has 2 amide bonds. The van der Waals surface area contributed by atoms with Gasteiger partial charge in [-0.15, -0.1) is 0 Å². The van der Waals surface area contributed by atoms with Crippen LogP contribution in [0.25, 0.3) is 11.3 Å². The molecule has 1 heterocycles. The van der Waals surface area contributed by atoms with E-state index < -0.39 is 17.9 Å².